The van der Waals surface area contributed by atoms with E-state index in [1.807, 2.05) is 60.7 Å². The molecule has 0 aliphatic carbocycles. The van der Waals surface area contributed by atoms with Crippen LogP contribution in [0.5, 0.6) is 0 Å². The van der Waals surface area contributed by atoms with E-state index in [1.54, 1.807) is 18.9 Å². The van der Waals surface area contributed by atoms with Crippen LogP contribution in [0.2, 0.25) is 0 Å². The normalized spacial score (nSPS) is 24.3. The molecule has 0 radical (unpaired) electrons. The average molecular weight is 348 g/mol. The van der Waals surface area contributed by atoms with Gasteiger partial charge in [0.25, 0.3) is 0 Å². The first-order chi connectivity index (χ1) is 12.5. The molecule has 0 spiro atoms. The Balaban J connectivity index is 2.04. The van der Waals surface area contributed by atoms with Crippen molar-refractivity contribution < 1.29 is 14.4 Å². The van der Waals surface area contributed by atoms with Crippen LogP contribution in [0.1, 0.15) is 18.1 Å². The van der Waals surface area contributed by atoms with Crippen LogP contribution in [0.4, 0.5) is 0 Å². The molecule has 2 aliphatic rings. The second-order valence-electron chi connectivity index (χ2n) is 6.77. The van der Waals surface area contributed by atoms with Crippen molar-refractivity contribution >= 4 is 17.7 Å². The van der Waals surface area contributed by atoms with E-state index in [9.17, 15) is 14.4 Å². The van der Waals surface area contributed by atoms with Gasteiger partial charge in [0.05, 0.1) is 5.92 Å². The highest BCUT2D eigenvalue weighted by Gasteiger charge is 2.69. The fourth-order valence-electron chi connectivity index (χ4n) is 4.60. The van der Waals surface area contributed by atoms with E-state index in [1.165, 1.54) is 4.90 Å². The largest absolute Gasteiger partial charge is 0.330 e. The van der Waals surface area contributed by atoms with E-state index in [2.05, 4.69) is 0 Å². The number of carbonyl (C=O) groups excluding carboxylic acids is 3. The summed E-state index contributed by atoms with van der Waals surface area (Å²) in [7, 11) is 1.69. The lowest BCUT2D eigenvalue weighted by atomic mass is 9.71. The summed E-state index contributed by atoms with van der Waals surface area (Å²) < 4.78 is 0. The average Bonchev–Trinajstić information content (AvgIpc) is 3.07. The predicted octanol–water partition coefficient (Wildman–Crippen LogP) is 2.02. The third-order valence-electron chi connectivity index (χ3n) is 5.72. The number of imide groups is 1. The molecule has 2 atom stereocenters. The molecule has 2 aromatic carbocycles. The number of hydrogen-bond donors (Lipinski definition) is 0. The highest BCUT2D eigenvalue weighted by atomic mass is 16.2. The smallest absolute Gasteiger partial charge is 0.242 e. The minimum absolute atomic E-state index is 0.270. The second kappa shape index (κ2) is 5.80. The molecule has 2 saturated heterocycles. The maximum absolute atomic E-state index is 13.2. The summed E-state index contributed by atoms with van der Waals surface area (Å²) in [4.78, 5) is 41.9. The Hall–Kier alpha value is -2.95. The number of nitrogens with zero attached hydrogens (tertiary/aromatic N) is 2. The Morgan fingerprint density at radius 2 is 1.31 bits per heavy atom. The fraction of sp³-hybridized carbons (Fsp3) is 0.286. The lowest BCUT2D eigenvalue weighted by Gasteiger charge is -2.40. The van der Waals surface area contributed by atoms with Gasteiger partial charge in [0, 0.05) is 13.6 Å². The highest BCUT2D eigenvalue weighted by Crippen LogP contribution is 2.54. The molecule has 4 rings (SSSR count). The van der Waals surface area contributed by atoms with Crippen LogP contribution >= 0.6 is 0 Å². The zero-order valence-electron chi connectivity index (χ0n) is 14.8. The predicted molar refractivity (Wildman–Crippen MR) is 95.8 cm³/mol. The summed E-state index contributed by atoms with van der Waals surface area (Å²) in [6.07, 6.45) is 0. The zero-order valence-corrected chi connectivity index (χ0v) is 14.8. The van der Waals surface area contributed by atoms with Gasteiger partial charge in [-0.2, -0.15) is 0 Å². The Morgan fingerprint density at radius 3 is 1.77 bits per heavy atom. The maximum atomic E-state index is 13.2. The SMILES string of the molecule is CCN1C(=O)[C@H]2C(=O)N(C)C(c3ccccc3)(c3ccccc3)[C@H]2C1=O. The first-order valence-electron chi connectivity index (χ1n) is 8.79. The summed E-state index contributed by atoms with van der Waals surface area (Å²) >= 11 is 0. The second-order valence-corrected chi connectivity index (χ2v) is 6.77. The number of hydrogen-bond acceptors (Lipinski definition) is 3. The van der Waals surface area contributed by atoms with Gasteiger partial charge in [-0.05, 0) is 18.1 Å². The van der Waals surface area contributed by atoms with Crippen LogP contribution in [-0.4, -0.2) is 41.1 Å². The van der Waals surface area contributed by atoms with Gasteiger partial charge in [-0.25, -0.2) is 0 Å². The van der Waals surface area contributed by atoms with E-state index in [0.29, 0.717) is 0 Å². The lowest BCUT2D eigenvalue weighted by Crippen LogP contribution is -2.49. The molecule has 0 unspecified atom stereocenters. The van der Waals surface area contributed by atoms with Gasteiger partial charge in [0.2, 0.25) is 17.7 Å². The lowest BCUT2D eigenvalue weighted by molar-refractivity contribution is -0.144. The van der Waals surface area contributed by atoms with Gasteiger partial charge in [0.15, 0.2) is 0 Å². The molecule has 2 heterocycles. The van der Waals surface area contributed by atoms with Crippen molar-refractivity contribution in [3.63, 3.8) is 0 Å². The van der Waals surface area contributed by atoms with Crippen LogP contribution in [0.25, 0.3) is 0 Å². The third-order valence-corrected chi connectivity index (χ3v) is 5.72. The topological polar surface area (TPSA) is 57.7 Å². The highest BCUT2D eigenvalue weighted by molar-refractivity contribution is 6.17. The number of fused-ring (bicyclic) bond motifs is 1. The molecular weight excluding hydrogens is 328 g/mol. The monoisotopic (exact) mass is 348 g/mol. The van der Waals surface area contributed by atoms with Crippen molar-refractivity contribution in [2.75, 3.05) is 13.6 Å². The van der Waals surface area contributed by atoms with Crippen LogP contribution in [0, 0.1) is 11.8 Å². The Kier molecular flexibility index (Phi) is 3.68. The minimum Gasteiger partial charge on any atom is -0.330 e. The first-order valence-corrected chi connectivity index (χ1v) is 8.79. The summed E-state index contributed by atoms with van der Waals surface area (Å²) in [5.74, 6) is -2.65. The van der Waals surface area contributed by atoms with Crippen molar-refractivity contribution in [2.24, 2.45) is 11.8 Å². The fourth-order valence-corrected chi connectivity index (χ4v) is 4.60. The maximum Gasteiger partial charge on any atom is 0.242 e. The molecule has 2 aliphatic heterocycles. The van der Waals surface area contributed by atoms with Crippen LogP contribution < -0.4 is 0 Å². The summed E-state index contributed by atoms with van der Waals surface area (Å²) in [6.45, 7) is 2.04. The van der Waals surface area contributed by atoms with E-state index in [0.717, 1.165) is 11.1 Å². The Labute approximate surface area is 152 Å². The van der Waals surface area contributed by atoms with Crippen LogP contribution in [0.15, 0.2) is 60.7 Å². The molecule has 0 aromatic heterocycles. The third kappa shape index (κ3) is 1.88. The van der Waals surface area contributed by atoms with Crippen LogP contribution in [0.3, 0.4) is 0 Å². The number of amides is 3. The number of likely N-dealkylation sites (tertiary alicyclic amines) is 2. The van der Waals surface area contributed by atoms with E-state index >= 15 is 0 Å². The number of carbonyl (C=O) groups is 3. The van der Waals surface area contributed by atoms with Gasteiger partial charge in [-0.3, -0.25) is 19.3 Å². The van der Waals surface area contributed by atoms with Gasteiger partial charge in [-0.15, -0.1) is 0 Å². The molecule has 5 heteroatoms. The van der Waals surface area contributed by atoms with Gasteiger partial charge >= 0.3 is 0 Å². The van der Waals surface area contributed by atoms with E-state index in [4.69, 9.17) is 0 Å². The zero-order chi connectivity index (χ0) is 18.5. The summed E-state index contributed by atoms with van der Waals surface area (Å²) in [6, 6.07) is 19.1. The van der Waals surface area contributed by atoms with Gasteiger partial charge in [0.1, 0.15) is 11.5 Å². The number of benzene rings is 2. The van der Waals surface area contributed by atoms with Crippen molar-refractivity contribution in [2.45, 2.75) is 12.5 Å². The summed E-state index contributed by atoms with van der Waals surface area (Å²) in [5, 5.41) is 0. The molecule has 0 N–H and O–H groups in total. The van der Waals surface area contributed by atoms with Crippen molar-refractivity contribution in [3.05, 3.63) is 71.8 Å². The van der Waals surface area contributed by atoms with Crippen molar-refractivity contribution in [1.29, 1.82) is 0 Å². The van der Waals surface area contributed by atoms with E-state index in [-0.39, 0.29) is 24.3 Å². The Morgan fingerprint density at radius 1 is 0.808 bits per heavy atom. The molecule has 5 nitrogen and oxygen atoms in total. The Bertz CT molecular complexity index is 839. The molecule has 0 bridgehead atoms. The van der Waals surface area contributed by atoms with E-state index < -0.39 is 17.4 Å². The van der Waals surface area contributed by atoms with Gasteiger partial charge < -0.3 is 4.90 Å². The molecule has 2 fully saturated rings. The quantitative estimate of drug-likeness (QED) is 0.630. The minimum atomic E-state index is -0.985. The molecule has 3 amide bonds. The molecule has 132 valence electrons. The first kappa shape index (κ1) is 16.5. The standard InChI is InChI=1S/C21H20N2O3/c1-3-23-19(25)16-17(20(23)26)21(22(2)18(16)24,14-10-6-4-7-11-14)15-12-8-5-9-13-15/h4-13,16-17H,3H2,1-2H3/t16-,17-/m1/s1. The van der Waals surface area contributed by atoms with Crippen LogP contribution in [-0.2, 0) is 19.9 Å². The van der Waals surface area contributed by atoms with Crippen molar-refractivity contribution in [1.82, 2.24) is 9.80 Å². The molecule has 26 heavy (non-hydrogen) atoms. The molecule has 2 aromatic rings. The van der Waals surface area contributed by atoms with Gasteiger partial charge in [-0.1, -0.05) is 60.7 Å². The molecule has 0 saturated carbocycles. The number of rotatable bonds is 3. The van der Waals surface area contributed by atoms with Crippen molar-refractivity contribution in [3.8, 4) is 0 Å². The molecular formula is C21H20N2O3. The summed E-state index contributed by atoms with van der Waals surface area (Å²) in [5.41, 5.74) is 0.698.